The van der Waals surface area contributed by atoms with Crippen molar-refractivity contribution in [1.82, 2.24) is 0 Å². The third kappa shape index (κ3) is 6.02. The molecule has 0 saturated heterocycles. The van der Waals surface area contributed by atoms with Crippen molar-refractivity contribution in [3.63, 3.8) is 0 Å². The molecule has 1 N–H and O–H groups in total. The van der Waals surface area contributed by atoms with Crippen LogP contribution in [0.5, 0.6) is 5.75 Å². The molecule has 0 radical (unpaired) electrons. The molecule has 6 nitrogen and oxygen atoms in total. The van der Waals surface area contributed by atoms with Gasteiger partial charge in [0.05, 0.1) is 13.7 Å². The van der Waals surface area contributed by atoms with Crippen LogP contribution in [0.15, 0.2) is 18.2 Å². The highest BCUT2D eigenvalue weighted by Gasteiger charge is 2.35. The predicted octanol–water partition coefficient (Wildman–Crippen LogP) is 4.04. The van der Waals surface area contributed by atoms with E-state index in [1.54, 1.807) is 32.0 Å². The molecule has 0 heterocycles. The molecule has 1 rings (SSSR count). The van der Waals surface area contributed by atoms with Crippen LogP contribution in [0.1, 0.15) is 57.8 Å². The zero-order valence-corrected chi connectivity index (χ0v) is 16.7. The summed E-state index contributed by atoms with van der Waals surface area (Å²) >= 11 is 0. The average molecular weight is 365 g/mol. The van der Waals surface area contributed by atoms with Crippen LogP contribution in [0, 0.1) is 5.92 Å². The summed E-state index contributed by atoms with van der Waals surface area (Å²) in [5.41, 5.74) is -0.171. The Morgan fingerprint density at radius 1 is 1.23 bits per heavy atom. The summed E-state index contributed by atoms with van der Waals surface area (Å²) < 4.78 is 16.1. The van der Waals surface area contributed by atoms with Crippen LogP contribution in [-0.2, 0) is 14.3 Å². The second-order valence-electron chi connectivity index (χ2n) is 6.77. The van der Waals surface area contributed by atoms with Gasteiger partial charge in [0, 0.05) is 12.3 Å². The van der Waals surface area contributed by atoms with E-state index in [1.807, 2.05) is 20.8 Å². The Hall–Kier alpha value is -2.08. The topological polar surface area (TPSA) is 73.9 Å². The van der Waals surface area contributed by atoms with Gasteiger partial charge in [-0.2, -0.15) is 0 Å². The summed E-state index contributed by atoms with van der Waals surface area (Å²) in [4.78, 5) is 25.0. The van der Waals surface area contributed by atoms with Gasteiger partial charge >= 0.3 is 5.97 Å². The van der Waals surface area contributed by atoms with Crippen LogP contribution in [0.25, 0.3) is 0 Å². The summed E-state index contributed by atoms with van der Waals surface area (Å²) in [7, 11) is 1.48. The Kier molecular flexibility index (Phi) is 8.58. The molecule has 0 aliphatic heterocycles. The van der Waals surface area contributed by atoms with Gasteiger partial charge in [-0.1, -0.05) is 20.8 Å². The monoisotopic (exact) mass is 365 g/mol. The Bertz CT molecular complexity index is 614. The fraction of sp³-hybridized carbons (Fsp3) is 0.600. The maximum absolute atomic E-state index is 12.9. The van der Waals surface area contributed by atoms with Gasteiger partial charge in [-0.15, -0.1) is 0 Å². The van der Waals surface area contributed by atoms with E-state index in [1.165, 1.54) is 7.11 Å². The lowest BCUT2D eigenvalue weighted by atomic mass is 9.93. The number of carbonyl (C=O) groups is 2. The molecule has 0 saturated carbocycles. The minimum absolute atomic E-state index is 0.236. The SMILES string of the molecule is CCCO[C@@](C)(CC(C)C)C(=O)Nc1ccc(OC)c(C(=O)OCC)c1. The van der Waals surface area contributed by atoms with Gasteiger partial charge in [-0.05, 0) is 50.8 Å². The van der Waals surface area contributed by atoms with Gasteiger partial charge in [0.2, 0.25) is 0 Å². The number of ether oxygens (including phenoxy) is 3. The third-order valence-electron chi connectivity index (χ3n) is 3.86. The van der Waals surface area contributed by atoms with Crippen LogP contribution in [0.2, 0.25) is 0 Å². The Morgan fingerprint density at radius 2 is 1.92 bits per heavy atom. The molecule has 1 atom stereocenters. The summed E-state index contributed by atoms with van der Waals surface area (Å²) in [6, 6.07) is 4.88. The average Bonchev–Trinajstić information content (AvgIpc) is 2.59. The molecular formula is C20H31NO5. The van der Waals surface area contributed by atoms with Crippen molar-refractivity contribution >= 4 is 17.6 Å². The number of esters is 1. The molecule has 1 aromatic rings. The molecular weight excluding hydrogens is 334 g/mol. The number of carbonyl (C=O) groups excluding carboxylic acids is 2. The van der Waals surface area contributed by atoms with Gasteiger partial charge in [0.25, 0.3) is 5.91 Å². The maximum Gasteiger partial charge on any atom is 0.341 e. The fourth-order valence-corrected chi connectivity index (χ4v) is 2.74. The zero-order chi connectivity index (χ0) is 19.7. The normalized spacial score (nSPS) is 13.2. The van der Waals surface area contributed by atoms with Gasteiger partial charge in [-0.3, -0.25) is 4.79 Å². The van der Waals surface area contributed by atoms with Crippen LogP contribution in [0.4, 0.5) is 5.69 Å². The fourth-order valence-electron chi connectivity index (χ4n) is 2.74. The van der Waals surface area contributed by atoms with Crippen molar-refractivity contribution in [3.05, 3.63) is 23.8 Å². The molecule has 1 amide bonds. The minimum atomic E-state index is -0.936. The second kappa shape index (κ2) is 10.2. The lowest BCUT2D eigenvalue weighted by molar-refractivity contribution is -0.141. The second-order valence-corrected chi connectivity index (χ2v) is 6.77. The molecule has 0 aliphatic rings. The van der Waals surface area contributed by atoms with Crippen LogP contribution in [0.3, 0.4) is 0 Å². The largest absolute Gasteiger partial charge is 0.496 e. The molecule has 0 unspecified atom stereocenters. The summed E-state index contributed by atoms with van der Waals surface area (Å²) in [6.07, 6.45) is 1.43. The first kappa shape index (κ1) is 22.0. The van der Waals surface area contributed by atoms with Gasteiger partial charge in [0.15, 0.2) is 0 Å². The first-order chi connectivity index (χ1) is 12.3. The van der Waals surface area contributed by atoms with Crippen molar-refractivity contribution in [2.24, 2.45) is 5.92 Å². The molecule has 146 valence electrons. The Labute approximate surface area is 156 Å². The molecule has 0 bridgehead atoms. The number of hydrogen-bond acceptors (Lipinski definition) is 5. The number of nitrogens with one attached hydrogen (secondary N) is 1. The summed E-state index contributed by atoms with van der Waals surface area (Å²) in [6.45, 7) is 10.4. The molecule has 26 heavy (non-hydrogen) atoms. The number of methoxy groups -OCH3 is 1. The third-order valence-corrected chi connectivity index (χ3v) is 3.86. The lowest BCUT2D eigenvalue weighted by Gasteiger charge is -2.30. The lowest BCUT2D eigenvalue weighted by Crippen LogP contribution is -2.44. The highest BCUT2D eigenvalue weighted by atomic mass is 16.5. The van der Waals surface area contributed by atoms with Crippen LogP contribution in [-0.4, -0.2) is 37.8 Å². The number of rotatable bonds is 10. The van der Waals surface area contributed by atoms with Gasteiger partial charge in [0.1, 0.15) is 16.9 Å². The van der Waals surface area contributed by atoms with E-state index in [4.69, 9.17) is 14.2 Å². The maximum atomic E-state index is 12.9. The molecule has 0 fully saturated rings. The number of hydrogen-bond donors (Lipinski definition) is 1. The van der Waals surface area contributed by atoms with E-state index in [-0.39, 0.29) is 18.1 Å². The van der Waals surface area contributed by atoms with E-state index in [9.17, 15) is 9.59 Å². The van der Waals surface area contributed by atoms with Crippen LogP contribution < -0.4 is 10.1 Å². The highest BCUT2D eigenvalue weighted by Crippen LogP contribution is 2.27. The van der Waals surface area contributed by atoms with Crippen molar-refractivity contribution in [2.45, 2.75) is 53.1 Å². The molecule has 6 heteroatoms. The van der Waals surface area contributed by atoms with E-state index < -0.39 is 11.6 Å². The Balaban J connectivity index is 3.05. The van der Waals surface area contributed by atoms with Gasteiger partial charge < -0.3 is 19.5 Å². The van der Waals surface area contributed by atoms with Crippen molar-refractivity contribution in [2.75, 3.05) is 25.6 Å². The zero-order valence-electron chi connectivity index (χ0n) is 16.7. The first-order valence-corrected chi connectivity index (χ1v) is 9.07. The number of amides is 1. The van der Waals surface area contributed by atoms with E-state index >= 15 is 0 Å². The molecule has 0 aliphatic carbocycles. The Morgan fingerprint density at radius 3 is 2.46 bits per heavy atom. The van der Waals surface area contributed by atoms with E-state index in [0.29, 0.717) is 30.4 Å². The van der Waals surface area contributed by atoms with Crippen molar-refractivity contribution in [3.8, 4) is 5.75 Å². The van der Waals surface area contributed by atoms with Crippen molar-refractivity contribution < 1.29 is 23.8 Å². The predicted molar refractivity (Wildman–Crippen MR) is 102 cm³/mol. The quantitative estimate of drug-likeness (QED) is 0.633. The number of benzene rings is 1. The summed E-state index contributed by atoms with van der Waals surface area (Å²) in [5, 5.41) is 2.86. The van der Waals surface area contributed by atoms with Gasteiger partial charge in [-0.25, -0.2) is 4.79 Å². The molecule has 0 spiro atoms. The smallest absolute Gasteiger partial charge is 0.341 e. The minimum Gasteiger partial charge on any atom is -0.496 e. The standard InChI is InChI=1S/C20H31NO5/c1-7-11-26-20(5,13-14(3)4)19(23)21-15-9-10-17(24-6)16(12-15)18(22)25-8-2/h9-10,12,14H,7-8,11,13H2,1-6H3,(H,21,23)/t20-/m0/s1. The highest BCUT2D eigenvalue weighted by molar-refractivity contribution is 5.99. The molecule has 0 aromatic heterocycles. The number of anilines is 1. The van der Waals surface area contributed by atoms with Crippen molar-refractivity contribution in [1.29, 1.82) is 0 Å². The van der Waals surface area contributed by atoms with E-state index in [2.05, 4.69) is 5.32 Å². The first-order valence-electron chi connectivity index (χ1n) is 9.07. The van der Waals surface area contributed by atoms with E-state index in [0.717, 1.165) is 6.42 Å². The summed E-state index contributed by atoms with van der Waals surface area (Å²) in [5.74, 6) is -0.0329. The molecule has 1 aromatic carbocycles. The van der Waals surface area contributed by atoms with Crippen LogP contribution >= 0.6 is 0 Å².